The minimum Gasteiger partial charge on any atom is -0.383 e. The molecule has 33 heavy (non-hydrogen) atoms. The number of nitrogens with zero attached hydrogens (tertiary/aromatic N) is 4. The van der Waals surface area contributed by atoms with Crippen molar-refractivity contribution in [3.8, 4) is 0 Å². The number of rotatable bonds is 4. The van der Waals surface area contributed by atoms with Gasteiger partial charge in [-0.1, -0.05) is 43.2 Å². The van der Waals surface area contributed by atoms with Crippen LogP contribution in [0.2, 0.25) is 0 Å². The smallest absolute Gasteiger partial charge is 0.257 e. The van der Waals surface area contributed by atoms with Crippen LogP contribution in [0.3, 0.4) is 0 Å². The third-order valence-electron chi connectivity index (χ3n) is 6.32. The van der Waals surface area contributed by atoms with Gasteiger partial charge in [0.1, 0.15) is 16.9 Å². The number of para-hydroxylation sites is 3. The number of amides is 1. The predicted octanol–water partition coefficient (Wildman–Crippen LogP) is 4.20. The zero-order valence-electron chi connectivity index (χ0n) is 18.0. The molecule has 0 unspecified atom stereocenters. The highest BCUT2D eigenvalue weighted by Crippen LogP contribution is 2.29. The summed E-state index contributed by atoms with van der Waals surface area (Å²) in [6, 6.07) is 15.7. The molecule has 1 aliphatic rings. The van der Waals surface area contributed by atoms with E-state index in [-0.39, 0.29) is 17.8 Å². The number of carbonyl (C=O) groups excluding carboxylic acids is 1. The first-order valence-corrected chi connectivity index (χ1v) is 11.2. The Morgan fingerprint density at radius 3 is 2.64 bits per heavy atom. The average molecular weight is 438 g/mol. The number of carbonyl (C=O) groups is 1. The Morgan fingerprint density at radius 1 is 1.09 bits per heavy atom. The second-order valence-electron chi connectivity index (χ2n) is 8.45. The van der Waals surface area contributed by atoms with Gasteiger partial charge >= 0.3 is 0 Å². The van der Waals surface area contributed by atoms with E-state index >= 15 is 0 Å². The maximum absolute atomic E-state index is 13.3. The molecule has 0 atom stereocenters. The van der Waals surface area contributed by atoms with Crippen molar-refractivity contribution in [1.29, 1.82) is 0 Å². The van der Waals surface area contributed by atoms with Crippen molar-refractivity contribution in [1.82, 2.24) is 24.9 Å². The van der Waals surface area contributed by atoms with E-state index in [1.54, 1.807) is 6.21 Å². The van der Waals surface area contributed by atoms with Gasteiger partial charge in [-0.05, 0) is 31.0 Å². The number of hydrogen-bond acceptors (Lipinski definition) is 5. The molecule has 4 N–H and O–H groups in total. The molecule has 0 saturated heterocycles. The molecule has 1 amide bonds. The molecule has 0 bridgehead atoms. The van der Waals surface area contributed by atoms with Crippen LogP contribution in [0, 0.1) is 0 Å². The number of hydrogen-bond donors (Lipinski definition) is 3. The molecule has 1 aliphatic carbocycles. The summed E-state index contributed by atoms with van der Waals surface area (Å²) in [5, 5.41) is 8.81. The van der Waals surface area contributed by atoms with Crippen LogP contribution in [0.15, 0.2) is 59.8 Å². The van der Waals surface area contributed by atoms with Crippen LogP contribution < -0.4 is 11.1 Å². The van der Waals surface area contributed by atoms with Crippen molar-refractivity contribution in [2.24, 2.45) is 5.10 Å². The lowest BCUT2D eigenvalue weighted by Crippen LogP contribution is -2.33. The Hall–Kier alpha value is -4.20. The number of anilines is 1. The standard InChI is InChI=1S/C25H23N7O/c26-23-21(25(33)29-16-7-1-2-8-16)22-24(31-20-12-6-5-11-19(20)30-22)32(23)28-14-15-13-27-18-10-4-3-9-17(15)18/h3-6,9-14,16,27H,1-2,7-8,26H2,(H,29,33)/b28-14+. The Balaban J connectivity index is 1.50. The van der Waals surface area contributed by atoms with Gasteiger partial charge in [-0.2, -0.15) is 9.78 Å². The first-order chi connectivity index (χ1) is 16.2. The van der Waals surface area contributed by atoms with Gasteiger partial charge in [-0.15, -0.1) is 0 Å². The van der Waals surface area contributed by atoms with Crippen molar-refractivity contribution in [2.75, 3.05) is 5.73 Å². The number of nitrogen functional groups attached to an aromatic ring is 1. The fourth-order valence-electron chi connectivity index (χ4n) is 4.64. The quantitative estimate of drug-likeness (QED) is 0.366. The van der Waals surface area contributed by atoms with E-state index in [1.165, 1.54) is 4.68 Å². The van der Waals surface area contributed by atoms with Crippen LogP contribution in [0.1, 0.15) is 41.6 Å². The molecular weight excluding hydrogens is 414 g/mol. The molecule has 1 fully saturated rings. The van der Waals surface area contributed by atoms with Gasteiger partial charge in [0.05, 0.1) is 17.2 Å². The average Bonchev–Trinajstić information content (AvgIpc) is 3.54. The van der Waals surface area contributed by atoms with Gasteiger partial charge in [-0.3, -0.25) is 4.79 Å². The third-order valence-corrected chi connectivity index (χ3v) is 6.32. The molecule has 8 nitrogen and oxygen atoms in total. The largest absolute Gasteiger partial charge is 0.383 e. The highest BCUT2D eigenvalue weighted by atomic mass is 16.1. The molecule has 8 heteroatoms. The van der Waals surface area contributed by atoms with Crippen molar-refractivity contribution in [3.05, 3.63) is 65.9 Å². The van der Waals surface area contributed by atoms with E-state index in [9.17, 15) is 4.79 Å². The van der Waals surface area contributed by atoms with Gasteiger partial charge in [-0.25, -0.2) is 9.97 Å². The zero-order chi connectivity index (χ0) is 22.4. The van der Waals surface area contributed by atoms with E-state index in [0.717, 1.165) is 42.1 Å². The Bertz CT molecular complexity index is 1540. The molecule has 0 radical (unpaired) electrons. The van der Waals surface area contributed by atoms with E-state index in [0.29, 0.717) is 27.8 Å². The molecule has 1 saturated carbocycles. The normalized spacial score (nSPS) is 14.8. The lowest BCUT2D eigenvalue weighted by Gasteiger charge is -2.11. The lowest BCUT2D eigenvalue weighted by molar-refractivity contribution is 0.0940. The summed E-state index contributed by atoms with van der Waals surface area (Å²) in [7, 11) is 0. The number of H-pyrrole nitrogens is 1. The van der Waals surface area contributed by atoms with E-state index in [4.69, 9.17) is 15.7 Å². The highest BCUT2D eigenvalue weighted by Gasteiger charge is 2.26. The second-order valence-corrected chi connectivity index (χ2v) is 8.45. The number of benzene rings is 2. The Kier molecular flexibility index (Phi) is 4.57. The van der Waals surface area contributed by atoms with Crippen molar-refractivity contribution in [3.63, 3.8) is 0 Å². The van der Waals surface area contributed by atoms with Gasteiger partial charge in [0, 0.05) is 28.7 Å². The minimum absolute atomic E-state index is 0.165. The fraction of sp³-hybridized carbons (Fsp3) is 0.200. The van der Waals surface area contributed by atoms with Gasteiger partial charge < -0.3 is 16.0 Å². The molecule has 3 heterocycles. The number of nitrogens with one attached hydrogen (secondary N) is 2. The van der Waals surface area contributed by atoms with Crippen molar-refractivity contribution >= 4 is 51.0 Å². The maximum atomic E-state index is 13.3. The second kappa shape index (κ2) is 7.74. The first-order valence-electron chi connectivity index (χ1n) is 11.2. The van der Waals surface area contributed by atoms with Crippen LogP contribution in [0.4, 0.5) is 5.82 Å². The topological polar surface area (TPSA) is 114 Å². The number of aromatic nitrogens is 4. The van der Waals surface area contributed by atoms with Crippen LogP contribution in [-0.2, 0) is 0 Å². The molecule has 5 aromatic rings. The minimum atomic E-state index is -0.227. The fourth-order valence-corrected chi connectivity index (χ4v) is 4.64. The SMILES string of the molecule is Nc1c(C(=O)NC2CCCC2)c2nc3ccccc3nc2n1/N=C/c1c[nH]c2ccccc12. The third kappa shape index (κ3) is 3.31. The van der Waals surface area contributed by atoms with Crippen LogP contribution in [0.5, 0.6) is 0 Å². The van der Waals surface area contributed by atoms with Crippen LogP contribution in [-0.4, -0.2) is 37.8 Å². The Morgan fingerprint density at radius 2 is 1.82 bits per heavy atom. The summed E-state index contributed by atoms with van der Waals surface area (Å²) in [4.78, 5) is 26.0. The lowest BCUT2D eigenvalue weighted by atomic mass is 10.2. The molecule has 164 valence electrons. The molecule has 2 aromatic carbocycles. The monoisotopic (exact) mass is 437 g/mol. The van der Waals surface area contributed by atoms with Gasteiger partial charge in [0.15, 0.2) is 5.65 Å². The number of fused-ring (bicyclic) bond motifs is 3. The zero-order valence-corrected chi connectivity index (χ0v) is 18.0. The predicted molar refractivity (Wildman–Crippen MR) is 130 cm³/mol. The van der Waals surface area contributed by atoms with E-state index in [2.05, 4.69) is 15.4 Å². The summed E-state index contributed by atoms with van der Waals surface area (Å²) < 4.78 is 1.51. The first kappa shape index (κ1) is 19.5. The number of nitrogens with two attached hydrogens (primary N) is 1. The molecular formula is C25H23N7O. The molecule has 0 aliphatic heterocycles. The number of aromatic amines is 1. The summed E-state index contributed by atoms with van der Waals surface area (Å²) in [6.07, 6.45) is 7.84. The van der Waals surface area contributed by atoms with Crippen LogP contribution >= 0.6 is 0 Å². The Labute approximate surface area is 189 Å². The molecule has 3 aromatic heterocycles. The van der Waals surface area contributed by atoms with E-state index in [1.807, 2.05) is 54.7 Å². The maximum Gasteiger partial charge on any atom is 0.257 e. The summed E-state index contributed by atoms with van der Waals surface area (Å²) >= 11 is 0. The van der Waals surface area contributed by atoms with Crippen molar-refractivity contribution in [2.45, 2.75) is 31.7 Å². The van der Waals surface area contributed by atoms with Crippen LogP contribution in [0.25, 0.3) is 33.1 Å². The molecule has 0 spiro atoms. The summed E-state index contributed by atoms with van der Waals surface area (Å²) in [5.41, 5.74) is 11.1. The molecule has 6 rings (SSSR count). The van der Waals surface area contributed by atoms with Crippen molar-refractivity contribution < 1.29 is 4.79 Å². The van der Waals surface area contributed by atoms with Gasteiger partial charge in [0.2, 0.25) is 0 Å². The van der Waals surface area contributed by atoms with Gasteiger partial charge in [0.25, 0.3) is 5.91 Å². The summed E-state index contributed by atoms with van der Waals surface area (Å²) in [6.45, 7) is 0. The van der Waals surface area contributed by atoms with E-state index < -0.39 is 0 Å². The summed E-state index contributed by atoms with van der Waals surface area (Å²) in [5.74, 6) is 0.00178. The highest BCUT2D eigenvalue weighted by molar-refractivity contribution is 6.11.